The summed E-state index contributed by atoms with van der Waals surface area (Å²) in [5, 5.41) is 3.08. The minimum Gasteiger partial charge on any atom is -0.399 e. The molecule has 0 bridgehead atoms. The lowest BCUT2D eigenvalue weighted by Gasteiger charge is -2.31. The largest absolute Gasteiger partial charge is 0.399 e. The maximum absolute atomic E-state index is 12.1. The third kappa shape index (κ3) is 5.34. The van der Waals surface area contributed by atoms with Crippen LogP contribution in [0, 0.1) is 11.8 Å². The van der Waals surface area contributed by atoms with Gasteiger partial charge in [0.2, 0.25) is 5.91 Å². The Hall–Kier alpha value is -1.55. The molecule has 0 aliphatic carbocycles. The number of nitrogens with one attached hydrogen (secondary N) is 1. The van der Waals surface area contributed by atoms with Crippen molar-refractivity contribution in [2.45, 2.75) is 39.7 Å². The van der Waals surface area contributed by atoms with Crippen LogP contribution >= 0.6 is 0 Å². The van der Waals surface area contributed by atoms with Crippen molar-refractivity contribution in [2.24, 2.45) is 11.8 Å². The Balaban J connectivity index is 1.72. The van der Waals surface area contributed by atoms with Gasteiger partial charge in [0.15, 0.2) is 0 Å². The zero-order chi connectivity index (χ0) is 15.9. The van der Waals surface area contributed by atoms with Crippen molar-refractivity contribution in [1.82, 2.24) is 10.2 Å². The summed E-state index contributed by atoms with van der Waals surface area (Å²) in [6.07, 6.45) is 2.96. The molecule has 0 aromatic heterocycles. The smallest absolute Gasteiger partial charge is 0.223 e. The first-order valence-corrected chi connectivity index (χ1v) is 8.39. The van der Waals surface area contributed by atoms with Gasteiger partial charge < -0.3 is 11.1 Å². The van der Waals surface area contributed by atoms with Crippen LogP contribution in [-0.2, 0) is 11.3 Å². The van der Waals surface area contributed by atoms with Gasteiger partial charge >= 0.3 is 0 Å². The number of carbonyl (C=O) groups is 1. The van der Waals surface area contributed by atoms with Crippen molar-refractivity contribution in [2.75, 3.05) is 25.4 Å². The minimum atomic E-state index is 0.184. The molecular weight excluding hydrogens is 274 g/mol. The molecule has 0 radical (unpaired) electrons. The molecule has 1 aliphatic rings. The van der Waals surface area contributed by atoms with Gasteiger partial charge in [0.05, 0.1) is 0 Å². The van der Waals surface area contributed by atoms with E-state index in [2.05, 4.69) is 30.1 Å². The van der Waals surface area contributed by atoms with Crippen molar-refractivity contribution in [3.63, 3.8) is 0 Å². The number of rotatable bonds is 6. The number of nitrogens with zero attached hydrogens (tertiary/aromatic N) is 1. The topological polar surface area (TPSA) is 58.4 Å². The second kappa shape index (κ2) is 8.18. The normalized spacial score (nSPS) is 16.9. The van der Waals surface area contributed by atoms with Crippen LogP contribution in [0.5, 0.6) is 0 Å². The van der Waals surface area contributed by atoms with Crippen molar-refractivity contribution < 1.29 is 4.79 Å². The van der Waals surface area contributed by atoms with E-state index >= 15 is 0 Å². The zero-order valence-corrected chi connectivity index (χ0v) is 13.8. The van der Waals surface area contributed by atoms with Crippen LogP contribution in [-0.4, -0.2) is 30.4 Å². The van der Waals surface area contributed by atoms with Crippen LogP contribution < -0.4 is 11.1 Å². The number of hydrogen-bond donors (Lipinski definition) is 2. The number of piperidine rings is 1. The third-order valence-electron chi connectivity index (χ3n) is 4.34. The molecule has 1 amide bonds. The molecule has 0 spiro atoms. The van der Waals surface area contributed by atoms with Gasteiger partial charge in [0.25, 0.3) is 0 Å². The number of likely N-dealkylation sites (tertiary alicyclic amines) is 1. The van der Waals surface area contributed by atoms with E-state index in [1.54, 1.807) is 0 Å². The van der Waals surface area contributed by atoms with E-state index in [-0.39, 0.29) is 11.8 Å². The first-order valence-electron chi connectivity index (χ1n) is 8.39. The summed E-state index contributed by atoms with van der Waals surface area (Å²) in [6.45, 7) is 8.06. The number of hydrogen-bond acceptors (Lipinski definition) is 3. The highest BCUT2D eigenvalue weighted by molar-refractivity contribution is 5.78. The average molecular weight is 303 g/mol. The summed E-state index contributed by atoms with van der Waals surface area (Å²) in [5.41, 5.74) is 7.89. The number of carbonyl (C=O) groups excluding carboxylic acids is 1. The fourth-order valence-electron chi connectivity index (χ4n) is 2.93. The number of nitrogen functional groups attached to an aromatic ring is 1. The van der Waals surface area contributed by atoms with Crippen molar-refractivity contribution in [3.05, 3.63) is 29.8 Å². The minimum absolute atomic E-state index is 0.184. The number of nitrogens with two attached hydrogens (primary N) is 1. The van der Waals surface area contributed by atoms with Crippen molar-refractivity contribution in [3.8, 4) is 0 Å². The van der Waals surface area contributed by atoms with E-state index in [1.807, 2.05) is 18.2 Å². The maximum atomic E-state index is 12.1. The average Bonchev–Trinajstić information content (AvgIpc) is 2.47. The van der Waals surface area contributed by atoms with Gasteiger partial charge in [-0.1, -0.05) is 26.0 Å². The lowest BCUT2D eigenvalue weighted by molar-refractivity contribution is -0.126. The van der Waals surface area contributed by atoms with Gasteiger partial charge in [-0.15, -0.1) is 0 Å². The Labute approximate surface area is 134 Å². The lowest BCUT2D eigenvalue weighted by atomic mass is 9.95. The predicted octanol–water partition coefficient (Wildman–Crippen LogP) is 2.64. The predicted molar refractivity (Wildman–Crippen MR) is 91.3 cm³/mol. The van der Waals surface area contributed by atoms with Crippen LogP contribution in [0.1, 0.15) is 38.7 Å². The van der Waals surface area contributed by atoms with Gasteiger partial charge in [-0.2, -0.15) is 0 Å². The molecule has 1 aliphatic heterocycles. The highest BCUT2D eigenvalue weighted by Gasteiger charge is 2.24. The van der Waals surface area contributed by atoms with Crippen LogP contribution in [0.15, 0.2) is 24.3 Å². The zero-order valence-electron chi connectivity index (χ0n) is 13.8. The number of amides is 1. The number of anilines is 1. The van der Waals surface area contributed by atoms with Crippen molar-refractivity contribution >= 4 is 11.6 Å². The molecule has 0 atom stereocenters. The second-order valence-electron chi connectivity index (χ2n) is 6.77. The molecule has 1 aromatic rings. The third-order valence-corrected chi connectivity index (χ3v) is 4.34. The van der Waals surface area contributed by atoms with E-state index in [0.717, 1.165) is 51.1 Å². The van der Waals surface area contributed by atoms with Gasteiger partial charge in [0.1, 0.15) is 0 Å². The SMILES string of the molecule is CC(C)CCNC(=O)C1CCN(Cc2cccc(N)c2)CC1. The van der Waals surface area contributed by atoms with E-state index < -0.39 is 0 Å². The van der Waals surface area contributed by atoms with Gasteiger partial charge in [0, 0.05) is 24.7 Å². The lowest BCUT2D eigenvalue weighted by Crippen LogP contribution is -2.40. The molecule has 4 heteroatoms. The summed E-state index contributed by atoms with van der Waals surface area (Å²) in [7, 11) is 0. The van der Waals surface area contributed by atoms with Gasteiger partial charge in [-0.25, -0.2) is 0 Å². The Morgan fingerprint density at radius 1 is 1.36 bits per heavy atom. The van der Waals surface area contributed by atoms with Crippen molar-refractivity contribution in [1.29, 1.82) is 0 Å². The highest BCUT2D eigenvalue weighted by atomic mass is 16.1. The first kappa shape index (κ1) is 16.8. The fraction of sp³-hybridized carbons (Fsp3) is 0.611. The fourth-order valence-corrected chi connectivity index (χ4v) is 2.93. The highest BCUT2D eigenvalue weighted by Crippen LogP contribution is 2.20. The second-order valence-corrected chi connectivity index (χ2v) is 6.77. The molecule has 2 rings (SSSR count). The monoisotopic (exact) mass is 303 g/mol. The summed E-state index contributed by atoms with van der Waals surface area (Å²) >= 11 is 0. The Kier molecular flexibility index (Phi) is 6.25. The molecule has 1 heterocycles. The van der Waals surface area contributed by atoms with Crippen LogP contribution in [0.3, 0.4) is 0 Å². The summed E-state index contributed by atoms with van der Waals surface area (Å²) in [6, 6.07) is 8.06. The van der Waals surface area contributed by atoms with E-state index in [4.69, 9.17) is 5.73 Å². The molecule has 22 heavy (non-hydrogen) atoms. The molecule has 4 nitrogen and oxygen atoms in total. The van der Waals surface area contributed by atoms with E-state index in [0.29, 0.717) is 5.92 Å². The van der Waals surface area contributed by atoms with Crippen LogP contribution in [0.25, 0.3) is 0 Å². The van der Waals surface area contributed by atoms with E-state index in [9.17, 15) is 4.79 Å². The van der Waals surface area contributed by atoms with Gasteiger partial charge in [-0.05, 0) is 56.0 Å². The molecule has 1 fully saturated rings. The quantitative estimate of drug-likeness (QED) is 0.794. The molecule has 0 unspecified atom stereocenters. The molecule has 0 saturated carbocycles. The van der Waals surface area contributed by atoms with Crippen LogP contribution in [0.2, 0.25) is 0 Å². The standard InChI is InChI=1S/C18H29N3O/c1-14(2)6-9-20-18(22)16-7-10-21(11-8-16)13-15-4-3-5-17(19)12-15/h3-5,12,14,16H,6-11,13,19H2,1-2H3,(H,20,22). The summed E-state index contributed by atoms with van der Waals surface area (Å²) in [5.74, 6) is 1.06. The Morgan fingerprint density at radius 2 is 2.09 bits per heavy atom. The van der Waals surface area contributed by atoms with Crippen LogP contribution in [0.4, 0.5) is 5.69 Å². The number of benzene rings is 1. The van der Waals surface area contributed by atoms with Gasteiger partial charge in [-0.3, -0.25) is 9.69 Å². The maximum Gasteiger partial charge on any atom is 0.223 e. The first-order chi connectivity index (χ1) is 10.5. The summed E-state index contributed by atoms with van der Waals surface area (Å²) < 4.78 is 0. The Bertz CT molecular complexity index is 479. The molecule has 122 valence electrons. The van der Waals surface area contributed by atoms with E-state index in [1.165, 1.54) is 5.56 Å². The molecule has 1 aromatic carbocycles. The Morgan fingerprint density at radius 3 is 2.73 bits per heavy atom. The molecular formula is C18H29N3O. The summed E-state index contributed by atoms with van der Waals surface area (Å²) in [4.78, 5) is 14.6. The molecule has 1 saturated heterocycles. The molecule has 3 N–H and O–H groups in total.